The van der Waals surface area contributed by atoms with Gasteiger partial charge in [-0.2, -0.15) is 0 Å². The summed E-state index contributed by atoms with van der Waals surface area (Å²) in [5.41, 5.74) is 0.289. The van der Waals surface area contributed by atoms with Crippen LogP contribution in [0.4, 0.5) is 0 Å². The zero-order chi connectivity index (χ0) is 13.0. The molecule has 0 aromatic carbocycles. The van der Waals surface area contributed by atoms with Gasteiger partial charge in [-0.25, -0.2) is 4.98 Å². The first-order valence-electron chi connectivity index (χ1n) is 5.19. The highest BCUT2D eigenvalue weighted by Gasteiger charge is 2.15. The maximum absolute atomic E-state index is 11.8. The minimum Gasteiger partial charge on any atom is -0.391 e. The zero-order valence-corrected chi connectivity index (χ0v) is 11.9. The summed E-state index contributed by atoms with van der Waals surface area (Å²) in [7, 11) is 0. The van der Waals surface area contributed by atoms with E-state index in [0.717, 1.165) is 0 Å². The Kier molecular flexibility index (Phi) is 5.36. The molecular formula is C11H14BrClN2O2. The number of pyridine rings is 1. The summed E-state index contributed by atoms with van der Waals surface area (Å²) < 4.78 is 0.677. The predicted octanol–water partition coefficient (Wildman–Crippen LogP) is 2.24. The Morgan fingerprint density at radius 3 is 2.88 bits per heavy atom. The fourth-order valence-electron chi connectivity index (χ4n) is 1.11. The first kappa shape index (κ1) is 14.4. The Hall–Kier alpha value is -0.650. The molecular weight excluding hydrogens is 307 g/mol. The van der Waals surface area contributed by atoms with Gasteiger partial charge in [0.1, 0.15) is 5.15 Å². The van der Waals surface area contributed by atoms with Crippen molar-refractivity contribution in [2.45, 2.75) is 20.0 Å². The maximum Gasteiger partial charge on any atom is 0.254 e. The van der Waals surface area contributed by atoms with Crippen LogP contribution in [-0.4, -0.2) is 28.6 Å². The van der Waals surface area contributed by atoms with Gasteiger partial charge in [-0.1, -0.05) is 25.4 Å². The lowest BCUT2D eigenvalue weighted by atomic mass is 10.1. The third kappa shape index (κ3) is 4.26. The van der Waals surface area contributed by atoms with Crippen LogP contribution in [0.2, 0.25) is 5.15 Å². The second-order valence-corrected chi connectivity index (χ2v) is 5.29. The van der Waals surface area contributed by atoms with Crippen LogP contribution in [0.15, 0.2) is 16.7 Å². The molecule has 0 aliphatic rings. The van der Waals surface area contributed by atoms with Crippen molar-refractivity contribution in [1.29, 1.82) is 0 Å². The number of aromatic nitrogens is 1. The van der Waals surface area contributed by atoms with Crippen molar-refractivity contribution in [3.63, 3.8) is 0 Å². The summed E-state index contributed by atoms with van der Waals surface area (Å²) in [4.78, 5) is 15.6. The number of aliphatic hydroxyl groups is 1. The molecule has 0 radical (unpaired) electrons. The van der Waals surface area contributed by atoms with E-state index in [0.29, 0.717) is 4.47 Å². The molecule has 6 heteroatoms. The lowest BCUT2D eigenvalue weighted by Crippen LogP contribution is -2.34. The zero-order valence-electron chi connectivity index (χ0n) is 9.58. The Morgan fingerprint density at radius 2 is 2.29 bits per heavy atom. The summed E-state index contributed by atoms with van der Waals surface area (Å²) in [5.74, 6) is -0.255. The number of halogens is 2. The van der Waals surface area contributed by atoms with Crippen LogP contribution in [0.3, 0.4) is 0 Å². The highest BCUT2D eigenvalue weighted by atomic mass is 79.9. The van der Waals surface area contributed by atoms with Crippen LogP contribution >= 0.6 is 27.5 Å². The molecule has 0 bridgehead atoms. The number of rotatable bonds is 4. The summed E-state index contributed by atoms with van der Waals surface area (Å²) >= 11 is 9.03. The average Bonchev–Trinajstić information content (AvgIpc) is 2.28. The van der Waals surface area contributed by atoms with Gasteiger partial charge in [0, 0.05) is 17.2 Å². The Balaban J connectivity index is 2.67. The van der Waals surface area contributed by atoms with E-state index in [1.807, 2.05) is 13.8 Å². The normalized spacial score (nSPS) is 12.6. The third-order valence-electron chi connectivity index (χ3n) is 2.29. The average molecular weight is 322 g/mol. The van der Waals surface area contributed by atoms with Crippen molar-refractivity contribution < 1.29 is 9.90 Å². The quantitative estimate of drug-likeness (QED) is 0.836. The van der Waals surface area contributed by atoms with Crippen molar-refractivity contribution in [2.75, 3.05) is 6.54 Å². The summed E-state index contributed by atoms with van der Waals surface area (Å²) in [5, 5.41) is 12.3. The van der Waals surface area contributed by atoms with E-state index >= 15 is 0 Å². The van der Waals surface area contributed by atoms with Gasteiger partial charge in [-0.05, 0) is 27.9 Å². The van der Waals surface area contributed by atoms with Crippen molar-refractivity contribution >= 4 is 33.4 Å². The number of carbonyl (C=O) groups excluding carboxylic acids is 1. The summed E-state index contributed by atoms with van der Waals surface area (Å²) in [6.07, 6.45) is 0.945. The van der Waals surface area contributed by atoms with Crippen molar-refractivity contribution in [3.8, 4) is 0 Å². The number of amides is 1. The molecule has 0 fully saturated rings. The maximum atomic E-state index is 11.8. The minimum atomic E-state index is -0.571. The Morgan fingerprint density at radius 1 is 1.65 bits per heavy atom. The van der Waals surface area contributed by atoms with Crippen LogP contribution in [-0.2, 0) is 0 Å². The molecule has 1 aromatic heterocycles. The van der Waals surface area contributed by atoms with Crippen molar-refractivity contribution in [2.24, 2.45) is 5.92 Å². The molecule has 1 rings (SSSR count). The van der Waals surface area contributed by atoms with E-state index < -0.39 is 6.10 Å². The summed E-state index contributed by atoms with van der Waals surface area (Å²) in [6.45, 7) is 3.95. The van der Waals surface area contributed by atoms with Crippen LogP contribution in [0.5, 0.6) is 0 Å². The van der Waals surface area contributed by atoms with Crippen LogP contribution in [0, 0.1) is 5.92 Å². The van der Waals surface area contributed by atoms with Gasteiger partial charge < -0.3 is 10.4 Å². The van der Waals surface area contributed by atoms with E-state index in [2.05, 4.69) is 26.2 Å². The molecule has 0 saturated heterocycles. The van der Waals surface area contributed by atoms with Gasteiger partial charge in [0.05, 0.1) is 11.7 Å². The molecule has 94 valence electrons. The molecule has 1 unspecified atom stereocenters. The fourth-order valence-corrected chi connectivity index (χ4v) is 1.63. The molecule has 1 atom stereocenters. The number of hydrogen-bond acceptors (Lipinski definition) is 3. The second kappa shape index (κ2) is 6.33. The topological polar surface area (TPSA) is 62.2 Å². The standard InChI is InChI=1S/C11H14BrClN2O2/c1-6(2)9(16)5-15-11(17)8-3-7(12)4-14-10(8)13/h3-4,6,9,16H,5H2,1-2H3,(H,15,17). The molecule has 1 aromatic rings. The largest absolute Gasteiger partial charge is 0.391 e. The number of aliphatic hydroxyl groups excluding tert-OH is 1. The lowest BCUT2D eigenvalue weighted by Gasteiger charge is -2.15. The minimum absolute atomic E-state index is 0.0893. The van der Waals surface area contributed by atoms with Crippen LogP contribution in [0.1, 0.15) is 24.2 Å². The van der Waals surface area contributed by atoms with Gasteiger partial charge in [0.25, 0.3) is 5.91 Å². The molecule has 17 heavy (non-hydrogen) atoms. The number of hydrogen-bond donors (Lipinski definition) is 2. The molecule has 2 N–H and O–H groups in total. The molecule has 4 nitrogen and oxygen atoms in total. The lowest BCUT2D eigenvalue weighted by molar-refractivity contribution is 0.0871. The SMILES string of the molecule is CC(C)C(O)CNC(=O)c1cc(Br)cnc1Cl. The molecule has 0 aliphatic carbocycles. The van der Waals surface area contributed by atoms with Crippen molar-refractivity contribution in [1.82, 2.24) is 10.3 Å². The molecule has 0 saturated carbocycles. The fraction of sp³-hybridized carbons (Fsp3) is 0.455. The number of nitrogens with one attached hydrogen (secondary N) is 1. The molecule has 0 aliphatic heterocycles. The van der Waals surface area contributed by atoms with Crippen LogP contribution < -0.4 is 5.32 Å². The molecule has 1 amide bonds. The highest BCUT2D eigenvalue weighted by Crippen LogP contribution is 2.17. The summed E-state index contributed by atoms with van der Waals surface area (Å²) in [6, 6.07) is 1.59. The molecule has 0 spiro atoms. The highest BCUT2D eigenvalue weighted by molar-refractivity contribution is 9.10. The first-order valence-corrected chi connectivity index (χ1v) is 6.36. The van der Waals surface area contributed by atoms with Gasteiger partial charge in [-0.15, -0.1) is 0 Å². The third-order valence-corrected chi connectivity index (χ3v) is 3.03. The Labute approximate surface area is 114 Å². The predicted molar refractivity (Wildman–Crippen MR) is 70.1 cm³/mol. The van der Waals surface area contributed by atoms with Gasteiger partial charge in [-0.3, -0.25) is 4.79 Å². The Bertz CT molecular complexity index is 412. The molecule has 1 heterocycles. The monoisotopic (exact) mass is 320 g/mol. The van der Waals surface area contributed by atoms with E-state index in [1.165, 1.54) is 6.20 Å². The van der Waals surface area contributed by atoms with E-state index in [-0.39, 0.29) is 29.1 Å². The van der Waals surface area contributed by atoms with E-state index in [4.69, 9.17) is 11.6 Å². The smallest absolute Gasteiger partial charge is 0.254 e. The second-order valence-electron chi connectivity index (χ2n) is 4.01. The number of carbonyl (C=O) groups is 1. The van der Waals surface area contributed by atoms with E-state index in [9.17, 15) is 9.90 Å². The van der Waals surface area contributed by atoms with Crippen molar-refractivity contribution in [3.05, 3.63) is 27.5 Å². The van der Waals surface area contributed by atoms with Gasteiger partial charge in [0.15, 0.2) is 0 Å². The first-order chi connectivity index (χ1) is 7.91. The van der Waals surface area contributed by atoms with E-state index in [1.54, 1.807) is 6.07 Å². The van der Waals surface area contributed by atoms with Gasteiger partial charge in [0.2, 0.25) is 0 Å². The number of nitrogens with zero attached hydrogens (tertiary/aromatic N) is 1. The van der Waals surface area contributed by atoms with Gasteiger partial charge >= 0.3 is 0 Å². The van der Waals surface area contributed by atoms with Crippen LogP contribution in [0.25, 0.3) is 0 Å².